The highest BCUT2D eigenvalue weighted by atomic mass is 16.5. The predicted octanol–water partition coefficient (Wildman–Crippen LogP) is 4.39. The van der Waals surface area contributed by atoms with Gasteiger partial charge in [0.25, 0.3) is 0 Å². The number of carboxylic acids is 1. The number of hydrogen-bond acceptors (Lipinski definition) is 3. The maximum absolute atomic E-state index is 12.0. The Morgan fingerprint density at radius 1 is 0.680 bits per heavy atom. The summed E-state index contributed by atoms with van der Waals surface area (Å²) >= 11 is 0. The number of unbranched alkanes of at least 4 members (excludes halogenated alkanes) is 11. The van der Waals surface area contributed by atoms with Crippen molar-refractivity contribution in [3.63, 3.8) is 0 Å². The van der Waals surface area contributed by atoms with Crippen LogP contribution in [0.5, 0.6) is 0 Å². The summed E-state index contributed by atoms with van der Waals surface area (Å²) in [6, 6.07) is 0. The van der Waals surface area contributed by atoms with Crippen molar-refractivity contribution >= 4 is 11.9 Å². The molecule has 0 aromatic rings. The summed E-state index contributed by atoms with van der Waals surface area (Å²) in [5.74, 6) is -0.378. The van der Waals surface area contributed by atoms with Crippen molar-refractivity contribution in [2.24, 2.45) is 0 Å². The topological polar surface area (TPSA) is 66.8 Å². The molecule has 0 bridgehead atoms. The lowest BCUT2D eigenvalue weighted by Gasteiger charge is -2.26. The van der Waals surface area contributed by atoms with Crippen LogP contribution in [0.25, 0.3) is 0 Å². The molecule has 0 saturated carbocycles. The summed E-state index contributed by atoms with van der Waals surface area (Å²) in [6.45, 7) is 2.90. The van der Waals surface area contributed by atoms with Crippen LogP contribution < -0.4 is 0 Å². The molecule has 1 fully saturated rings. The first kappa shape index (κ1) is 21.9. The molecule has 1 aliphatic rings. The molecular formula is C20H37NO4. The van der Waals surface area contributed by atoms with Crippen LogP contribution in [-0.4, -0.2) is 48.2 Å². The Balaban J connectivity index is 1.75. The van der Waals surface area contributed by atoms with Gasteiger partial charge in [-0.3, -0.25) is 9.59 Å². The molecule has 1 aliphatic heterocycles. The molecule has 5 heteroatoms. The number of nitrogens with zero attached hydrogens (tertiary/aromatic N) is 1. The zero-order chi connectivity index (χ0) is 18.2. The monoisotopic (exact) mass is 355 g/mol. The summed E-state index contributed by atoms with van der Waals surface area (Å²) < 4.78 is 5.27. The molecule has 0 aliphatic carbocycles. The Hall–Kier alpha value is -1.10. The molecule has 1 saturated heterocycles. The maximum atomic E-state index is 12.0. The van der Waals surface area contributed by atoms with Crippen molar-refractivity contribution in [1.29, 1.82) is 0 Å². The van der Waals surface area contributed by atoms with E-state index in [0.717, 1.165) is 32.4 Å². The van der Waals surface area contributed by atoms with Gasteiger partial charge in [-0.2, -0.15) is 0 Å². The smallest absolute Gasteiger partial charge is 0.303 e. The van der Waals surface area contributed by atoms with Crippen LogP contribution in [0.1, 0.15) is 89.9 Å². The fourth-order valence-corrected chi connectivity index (χ4v) is 3.29. The van der Waals surface area contributed by atoms with E-state index in [1.54, 1.807) is 0 Å². The fraction of sp³-hybridized carbons (Fsp3) is 0.900. The highest BCUT2D eigenvalue weighted by molar-refractivity contribution is 5.76. The van der Waals surface area contributed by atoms with Gasteiger partial charge in [0.2, 0.25) is 5.91 Å². The van der Waals surface area contributed by atoms with Gasteiger partial charge >= 0.3 is 5.97 Å². The van der Waals surface area contributed by atoms with Crippen molar-refractivity contribution < 1.29 is 19.4 Å². The van der Waals surface area contributed by atoms with Crippen LogP contribution in [0.4, 0.5) is 0 Å². The molecule has 1 rings (SSSR count). The van der Waals surface area contributed by atoms with Crippen molar-refractivity contribution in [3.05, 3.63) is 0 Å². The van der Waals surface area contributed by atoms with Crippen molar-refractivity contribution in [1.82, 2.24) is 4.90 Å². The summed E-state index contributed by atoms with van der Waals surface area (Å²) in [5, 5.41) is 8.55. The standard InChI is InChI=1S/C20H37NO4/c22-19(21-15-17-25-18-16-21)13-11-9-7-5-3-1-2-4-6-8-10-12-14-20(23)24/h1-18H2,(H,23,24). The third-order valence-electron chi connectivity index (χ3n) is 4.90. The number of aliphatic carboxylic acids is 1. The average Bonchev–Trinajstić information content (AvgIpc) is 2.62. The molecule has 0 unspecified atom stereocenters. The minimum atomic E-state index is -0.675. The van der Waals surface area contributed by atoms with Crippen LogP contribution in [0.3, 0.4) is 0 Å². The Morgan fingerprint density at radius 2 is 1.08 bits per heavy atom. The van der Waals surface area contributed by atoms with Crippen molar-refractivity contribution in [3.8, 4) is 0 Å². The molecule has 146 valence electrons. The quantitative estimate of drug-likeness (QED) is 0.442. The molecule has 0 atom stereocenters. The van der Waals surface area contributed by atoms with Gasteiger partial charge in [0.05, 0.1) is 13.2 Å². The Labute approximate surface area is 153 Å². The van der Waals surface area contributed by atoms with Gasteiger partial charge in [0, 0.05) is 25.9 Å². The molecule has 0 spiro atoms. The van der Waals surface area contributed by atoms with Crippen molar-refractivity contribution in [2.45, 2.75) is 89.9 Å². The number of hydrogen-bond donors (Lipinski definition) is 1. The van der Waals surface area contributed by atoms with E-state index in [1.807, 2.05) is 4.90 Å². The Bertz CT molecular complexity index is 354. The van der Waals surface area contributed by atoms with Gasteiger partial charge in [-0.15, -0.1) is 0 Å². The van der Waals surface area contributed by atoms with E-state index in [2.05, 4.69) is 0 Å². The number of carbonyl (C=O) groups is 2. The third-order valence-corrected chi connectivity index (χ3v) is 4.90. The van der Waals surface area contributed by atoms with E-state index in [9.17, 15) is 9.59 Å². The molecule has 1 heterocycles. The van der Waals surface area contributed by atoms with E-state index < -0.39 is 5.97 Å². The lowest BCUT2D eigenvalue weighted by atomic mass is 10.0. The lowest BCUT2D eigenvalue weighted by molar-refractivity contribution is -0.137. The summed E-state index contributed by atoms with van der Waals surface area (Å²) in [4.78, 5) is 24.3. The van der Waals surface area contributed by atoms with E-state index in [1.165, 1.54) is 57.8 Å². The first-order valence-corrected chi connectivity index (χ1v) is 10.3. The first-order chi connectivity index (χ1) is 12.2. The molecule has 1 amide bonds. The van der Waals surface area contributed by atoms with Gasteiger partial charge in [0.1, 0.15) is 0 Å². The number of rotatable bonds is 15. The van der Waals surface area contributed by atoms with Gasteiger partial charge in [-0.05, 0) is 12.8 Å². The Kier molecular flexibility index (Phi) is 13.3. The second-order valence-electron chi connectivity index (χ2n) is 7.13. The summed E-state index contributed by atoms with van der Waals surface area (Å²) in [7, 11) is 0. The number of amides is 1. The largest absolute Gasteiger partial charge is 0.481 e. The normalized spacial score (nSPS) is 14.6. The van der Waals surface area contributed by atoms with Crippen molar-refractivity contribution in [2.75, 3.05) is 26.3 Å². The zero-order valence-corrected chi connectivity index (χ0v) is 15.8. The second kappa shape index (κ2) is 15.2. The highest BCUT2D eigenvalue weighted by Gasteiger charge is 2.15. The zero-order valence-electron chi connectivity index (χ0n) is 15.8. The summed E-state index contributed by atoms with van der Waals surface area (Å²) in [5.41, 5.74) is 0. The first-order valence-electron chi connectivity index (χ1n) is 10.3. The van der Waals surface area contributed by atoms with E-state index in [0.29, 0.717) is 32.0 Å². The minimum absolute atomic E-state index is 0.298. The number of morpholine rings is 1. The lowest BCUT2D eigenvalue weighted by Crippen LogP contribution is -2.40. The SMILES string of the molecule is O=C(O)CCCCCCCCCCCCCCC(=O)N1CCOCC1. The fourth-order valence-electron chi connectivity index (χ4n) is 3.29. The molecule has 0 aromatic heterocycles. The maximum Gasteiger partial charge on any atom is 0.303 e. The third kappa shape index (κ3) is 12.9. The molecule has 5 nitrogen and oxygen atoms in total. The summed E-state index contributed by atoms with van der Waals surface area (Å²) in [6.07, 6.45) is 15.2. The van der Waals surface area contributed by atoms with Crippen LogP contribution in [0.15, 0.2) is 0 Å². The van der Waals surface area contributed by atoms with Gasteiger partial charge < -0.3 is 14.7 Å². The number of carboxylic acid groups (broad SMARTS) is 1. The number of ether oxygens (including phenoxy) is 1. The van der Waals surface area contributed by atoms with Crippen LogP contribution in [0, 0.1) is 0 Å². The van der Waals surface area contributed by atoms with Gasteiger partial charge in [0.15, 0.2) is 0 Å². The number of carbonyl (C=O) groups excluding carboxylic acids is 1. The second-order valence-corrected chi connectivity index (χ2v) is 7.13. The van der Waals surface area contributed by atoms with E-state index >= 15 is 0 Å². The average molecular weight is 356 g/mol. The van der Waals surface area contributed by atoms with Crippen LogP contribution >= 0.6 is 0 Å². The predicted molar refractivity (Wildman–Crippen MR) is 99.7 cm³/mol. The molecule has 0 aromatic carbocycles. The Morgan fingerprint density at radius 3 is 1.52 bits per heavy atom. The molecule has 25 heavy (non-hydrogen) atoms. The van der Waals surface area contributed by atoms with E-state index in [-0.39, 0.29) is 0 Å². The minimum Gasteiger partial charge on any atom is -0.481 e. The van der Waals surface area contributed by atoms with E-state index in [4.69, 9.17) is 9.84 Å². The van der Waals surface area contributed by atoms with Crippen LogP contribution in [0.2, 0.25) is 0 Å². The molecular weight excluding hydrogens is 318 g/mol. The van der Waals surface area contributed by atoms with Gasteiger partial charge in [-0.1, -0.05) is 64.2 Å². The van der Waals surface area contributed by atoms with Gasteiger partial charge in [-0.25, -0.2) is 0 Å². The highest BCUT2D eigenvalue weighted by Crippen LogP contribution is 2.13. The van der Waals surface area contributed by atoms with Crippen LogP contribution in [-0.2, 0) is 14.3 Å². The molecule has 1 N–H and O–H groups in total. The molecule has 0 radical (unpaired) electrons.